The molecule has 0 spiro atoms. The van der Waals surface area contributed by atoms with Crippen LogP contribution in [-0.4, -0.2) is 42.9 Å². The molecule has 0 aliphatic heterocycles. The van der Waals surface area contributed by atoms with Crippen LogP contribution in [-0.2, 0) is 10.2 Å². The maximum Gasteiger partial charge on any atom is 0.279 e. The van der Waals surface area contributed by atoms with Gasteiger partial charge in [-0.2, -0.15) is 12.7 Å². The highest BCUT2D eigenvalue weighted by atomic mass is 32.2. The van der Waals surface area contributed by atoms with Crippen LogP contribution in [0.5, 0.6) is 0 Å². The molecular weight excluding hydrogens is 244 g/mol. The summed E-state index contributed by atoms with van der Waals surface area (Å²) < 4.78 is 27.6. The summed E-state index contributed by atoms with van der Waals surface area (Å²) in [5, 5.41) is 11.2. The van der Waals surface area contributed by atoms with Crippen molar-refractivity contribution in [2.24, 2.45) is 10.9 Å². The fourth-order valence-electron chi connectivity index (χ4n) is 1.24. The molecule has 0 aliphatic carbocycles. The molecule has 17 heavy (non-hydrogen) atoms. The van der Waals surface area contributed by atoms with Crippen LogP contribution >= 0.6 is 0 Å². The molecule has 4 N–H and O–H groups in total. The van der Waals surface area contributed by atoms with Gasteiger partial charge in [-0.05, 0) is 20.3 Å². The summed E-state index contributed by atoms with van der Waals surface area (Å²) in [5.41, 5.74) is 5.32. The predicted molar refractivity (Wildman–Crippen MR) is 67.1 cm³/mol. The van der Waals surface area contributed by atoms with E-state index in [1.807, 2.05) is 6.92 Å². The first-order valence-corrected chi connectivity index (χ1v) is 7.02. The van der Waals surface area contributed by atoms with Crippen molar-refractivity contribution in [2.45, 2.75) is 39.7 Å². The molecular formula is C9H22N4O3S. The molecule has 0 aromatic carbocycles. The fraction of sp³-hybridized carbons (Fsp3) is 0.889. The second-order valence-corrected chi connectivity index (χ2v) is 5.65. The largest absolute Gasteiger partial charge is 0.409 e. The summed E-state index contributed by atoms with van der Waals surface area (Å²) in [6, 6.07) is -0.184. The van der Waals surface area contributed by atoms with Gasteiger partial charge in [-0.3, -0.25) is 0 Å². The van der Waals surface area contributed by atoms with E-state index in [4.69, 9.17) is 10.9 Å². The Morgan fingerprint density at radius 2 is 2.12 bits per heavy atom. The molecule has 0 heterocycles. The van der Waals surface area contributed by atoms with E-state index in [9.17, 15) is 8.42 Å². The Morgan fingerprint density at radius 1 is 1.53 bits per heavy atom. The third kappa shape index (κ3) is 5.85. The van der Waals surface area contributed by atoms with Crippen molar-refractivity contribution in [3.63, 3.8) is 0 Å². The summed E-state index contributed by atoms with van der Waals surface area (Å²) in [4.78, 5) is 0. The summed E-state index contributed by atoms with van der Waals surface area (Å²) in [6.45, 7) is 6.02. The van der Waals surface area contributed by atoms with E-state index in [-0.39, 0.29) is 24.8 Å². The zero-order valence-corrected chi connectivity index (χ0v) is 11.4. The first-order chi connectivity index (χ1) is 7.85. The van der Waals surface area contributed by atoms with Crippen LogP contribution in [0.1, 0.15) is 33.6 Å². The monoisotopic (exact) mass is 266 g/mol. The van der Waals surface area contributed by atoms with E-state index >= 15 is 0 Å². The second-order valence-electron chi connectivity index (χ2n) is 3.95. The molecule has 0 aromatic rings. The lowest BCUT2D eigenvalue weighted by atomic mass is 10.3. The Bertz CT molecular complexity index is 340. The van der Waals surface area contributed by atoms with E-state index in [1.165, 1.54) is 4.31 Å². The van der Waals surface area contributed by atoms with E-state index in [1.54, 1.807) is 13.8 Å². The zero-order valence-electron chi connectivity index (χ0n) is 10.5. The molecule has 8 heteroatoms. The van der Waals surface area contributed by atoms with Gasteiger partial charge in [0, 0.05) is 25.6 Å². The van der Waals surface area contributed by atoms with Crippen LogP contribution in [0, 0.1) is 0 Å². The van der Waals surface area contributed by atoms with Gasteiger partial charge < -0.3 is 10.9 Å². The van der Waals surface area contributed by atoms with Gasteiger partial charge in [0.1, 0.15) is 5.84 Å². The van der Waals surface area contributed by atoms with Crippen LogP contribution < -0.4 is 10.5 Å². The molecule has 0 aliphatic rings. The molecule has 0 amide bonds. The third-order valence-electron chi connectivity index (χ3n) is 2.14. The van der Waals surface area contributed by atoms with Gasteiger partial charge in [0.15, 0.2) is 0 Å². The quantitative estimate of drug-likeness (QED) is 0.250. The van der Waals surface area contributed by atoms with Crippen molar-refractivity contribution in [1.29, 1.82) is 0 Å². The average Bonchev–Trinajstić information content (AvgIpc) is 2.25. The van der Waals surface area contributed by atoms with Crippen molar-refractivity contribution >= 4 is 16.0 Å². The van der Waals surface area contributed by atoms with E-state index < -0.39 is 10.2 Å². The van der Waals surface area contributed by atoms with Crippen molar-refractivity contribution in [2.75, 3.05) is 13.1 Å². The normalized spacial score (nSPS) is 13.6. The fourth-order valence-corrected chi connectivity index (χ4v) is 2.76. The second kappa shape index (κ2) is 7.46. The minimum Gasteiger partial charge on any atom is -0.409 e. The molecule has 0 bridgehead atoms. The zero-order chi connectivity index (χ0) is 13.5. The van der Waals surface area contributed by atoms with E-state index in [0.29, 0.717) is 6.54 Å². The first kappa shape index (κ1) is 16.1. The number of nitrogens with one attached hydrogen (secondary N) is 1. The lowest BCUT2D eigenvalue weighted by Gasteiger charge is -2.25. The summed E-state index contributed by atoms with van der Waals surface area (Å²) in [5.74, 6) is 0.0151. The van der Waals surface area contributed by atoms with Crippen LogP contribution in [0.2, 0.25) is 0 Å². The molecule has 0 rings (SSSR count). The van der Waals surface area contributed by atoms with Gasteiger partial charge in [-0.1, -0.05) is 12.1 Å². The number of hydrogen-bond donors (Lipinski definition) is 3. The minimum absolute atomic E-state index is 0.0151. The summed E-state index contributed by atoms with van der Waals surface area (Å²) in [6.07, 6.45) is 0.924. The Balaban J connectivity index is 4.62. The van der Waals surface area contributed by atoms with Crippen LogP contribution in [0.4, 0.5) is 0 Å². The lowest BCUT2D eigenvalue weighted by molar-refractivity contribution is 0.313. The topological polar surface area (TPSA) is 108 Å². The minimum atomic E-state index is -3.50. The highest BCUT2D eigenvalue weighted by molar-refractivity contribution is 7.87. The molecule has 0 fully saturated rings. The average molecular weight is 266 g/mol. The van der Waals surface area contributed by atoms with Crippen molar-refractivity contribution < 1.29 is 13.6 Å². The van der Waals surface area contributed by atoms with Gasteiger partial charge in [0.25, 0.3) is 10.2 Å². The Kier molecular flexibility index (Phi) is 7.09. The molecule has 0 unspecified atom stereocenters. The molecule has 0 radical (unpaired) electrons. The Labute approximate surface area is 103 Å². The van der Waals surface area contributed by atoms with E-state index in [0.717, 1.165) is 6.42 Å². The van der Waals surface area contributed by atoms with Crippen molar-refractivity contribution in [3.8, 4) is 0 Å². The maximum absolute atomic E-state index is 11.9. The molecule has 102 valence electrons. The van der Waals surface area contributed by atoms with Gasteiger partial charge in [-0.25, -0.2) is 4.72 Å². The van der Waals surface area contributed by atoms with Crippen LogP contribution in [0.3, 0.4) is 0 Å². The van der Waals surface area contributed by atoms with Crippen molar-refractivity contribution in [3.05, 3.63) is 0 Å². The number of nitrogens with two attached hydrogens (primary N) is 1. The standard InChI is InChI=1S/C9H22N4O3S/c1-4-6-11-17(15,16)13(8(2)3)7-5-9(10)12-14/h8,11,14H,4-7H2,1-3H3,(H2,10,12). The maximum atomic E-state index is 11.9. The predicted octanol–water partition coefficient (Wildman–Crippen LogP) is 0.0777. The Hall–Kier alpha value is -0.860. The van der Waals surface area contributed by atoms with Crippen LogP contribution in [0.25, 0.3) is 0 Å². The number of oxime groups is 1. The number of hydrogen-bond acceptors (Lipinski definition) is 4. The molecule has 0 saturated carbocycles. The lowest BCUT2D eigenvalue weighted by Crippen LogP contribution is -2.46. The smallest absolute Gasteiger partial charge is 0.279 e. The van der Waals surface area contributed by atoms with Crippen molar-refractivity contribution in [1.82, 2.24) is 9.03 Å². The summed E-state index contributed by atoms with van der Waals surface area (Å²) >= 11 is 0. The van der Waals surface area contributed by atoms with Gasteiger partial charge in [0.2, 0.25) is 0 Å². The van der Waals surface area contributed by atoms with Gasteiger partial charge >= 0.3 is 0 Å². The highest BCUT2D eigenvalue weighted by Crippen LogP contribution is 2.06. The molecule has 0 aromatic heterocycles. The number of amidine groups is 1. The van der Waals surface area contributed by atoms with Gasteiger partial charge in [0.05, 0.1) is 0 Å². The Morgan fingerprint density at radius 3 is 2.53 bits per heavy atom. The molecule has 7 nitrogen and oxygen atoms in total. The molecule has 0 saturated heterocycles. The van der Waals surface area contributed by atoms with Gasteiger partial charge in [-0.15, -0.1) is 0 Å². The summed E-state index contributed by atoms with van der Waals surface area (Å²) in [7, 11) is -3.50. The molecule has 0 atom stereocenters. The third-order valence-corrected chi connectivity index (χ3v) is 3.93. The number of nitrogens with zero attached hydrogens (tertiary/aromatic N) is 2. The SMILES string of the molecule is CCCNS(=O)(=O)N(CCC(N)=NO)C(C)C. The number of rotatable bonds is 8. The first-order valence-electron chi connectivity index (χ1n) is 5.58. The van der Waals surface area contributed by atoms with Crippen LogP contribution in [0.15, 0.2) is 5.16 Å². The highest BCUT2D eigenvalue weighted by Gasteiger charge is 2.23. The van der Waals surface area contributed by atoms with E-state index in [2.05, 4.69) is 9.88 Å².